The summed E-state index contributed by atoms with van der Waals surface area (Å²) in [4.78, 5) is 4.64. The fraction of sp³-hybridized carbons (Fsp3) is 0.375. The van der Waals surface area contributed by atoms with Gasteiger partial charge in [0.1, 0.15) is 5.82 Å². The van der Waals surface area contributed by atoms with E-state index >= 15 is 0 Å². The lowest BCUT2D eigenvalue weighted by Crippen LogP contribution is -2.22. The maximum Gasteiger partial charge on any atom is 0.238 e. The summed E-state index contributed by atoms with van der Waals surface area (Å²) in [6, 6.07) is 12.4. The molecule has 1 atom stereocenters. The minimum absolute atomic E-state index is 0.103. The summed E-state index contributed by atoms with van der Waals surface area (Å²) in [6.45, 7) is 3.90. The number of hydrogen-bond donors (Lipinski definition) is 1. The van der Waals surface area contributed by atoms with Crippen LogP contribution in [-0.2, 0) is 10.0 Å². The van der Waals surface area contributed by atoms with Crippen molar-refractivity contribution in [2.24, 2.45) is 11.1 Å². The number of nitrogens with two attached hydrogens (primary N) is 1. The Morgan fingerprint density at radius 3 is 2.53 bits per heavy atom. The van der Waals surface area contributed by atoms with E-state index in [2.05, 4.69) is 11.9 Å². The number of nitrogens with zero attached hydrogens (tertiary/aromatic N) is 1. The fourth-order valence-electron chi connectivity index (χ4n) is 5.10. The van der Waals surface area contributed by atoms with Gasteiger partial charge < -0.3 is 0 Å². The molecular weight excluding hydrogens is 399 g/mol. The molecular formula is C24H27FN2O2S. The molecule has 0 unspecified atom stereocenters. The molecule has 30 heavy (non-hydrogen) atoms. The largest absolute Gasteiger partial charge is 0.256 e. The molecule has 0 aliphatic heterocycles. The Kier molecular flexibility index (Phi) is 5.64. The number of hydrogen-bond acceptors (Lipinski definition) is 3. The van der Waals surface area contributed by atoms with Gasteiger partial charge in [-0.3, -0.25) is 4.98 Å². The number of aromatic nitrogens is 1. The first-order valence-corrected chi connectivity index (χ1v) is 12.0. The van der Waals surface area contributed by atoms with Gasteiger partial charge in [0.25, 0.3) is 0 Å². The Balaban J connectivity index is 1.57. The summed E-state index contributed by atoms with van der Waals surface area (Å²) in [5.74, 6) is 0.601. The van der Waals surface area contributed by atoms with Crippen LogP contribution < -0.4 is 5.14 Å². The molecule has 1 heterocycles. The van der Waals surface area contributed by atoms with Crippen LogP contribution in [0.1, 0.15) is 61.1 Å². The zero-order chi connectivity index (χ0) is 21.5. The second kappa shape index (κ2) is 8.08. The second-order valence-electron chi connectivity index (χ2n) is 8.50. The Hall–Kier alpha value is -2.31. The van der Waals surface area contributed by atoms with Crippen LogP contribution in [0.5, 0.6) is 0 Å². The van der Waals surface area contributed by atoms with E-state index < -0.39 is 10.0 Å². The van der Waals surface area contributed by atoms with Gasteiger partial charge in [-0.05, 0) is 91.3 Å². The maximum atomic E-state index is 13.8. The Labute approximate surface area is 177 Å². The molecule has 0 spiro atoms. The molecule has 1 aliphatic rings. The number of rotatable bonds is 4. The number of halogens is 1. The monoisotopic (exact) mass is 426 g/mol. The second-order valence-corrected chi connectivity index (χ2v) is 10.00. The van der Waals surface area contributed by atoms with Crippen LogP contribution in [0.25, 0.3) is 10.9 Å². The fourth-order valence-corrected chi connectivity index (χ4v) is 6.20. The summed E-state index contributed by atoms with van der Waals surface area (Å²) in [6.07, 6.45) is 5.75. The van der Waals surface area contributed by atoms with Crippen molar-refractivity contribution >= 4 is 20.9 Å². The topological polar surface area (TPSA) is 73.0 Å². The van der Waals surface area contributed by atoms with Gasteiger partial charge in [-0.15, -0.1) is 0 Å². The average molecular weight is 427 g/mol. The van der Waals surface area contributed by atoms with E-state index in [1.165, 1.54) is 6.07 Å². The van der Waals surface area contributed by atoms with Crippen LogP contribution in [0, 0.1) is 18.7 Å². The van der Waals surface area contributed by atoms with Crippen molar-refractivity contribution in [3.05, 3.63) is 71.2 Å². The number of fused-ring (bicyclic) bond motifs is 1. The smallest absolute Gasteiger partial charge is 0.238 e. The van der Waals surface area contributed by atoms with Gasteiger partial charge in [-0.25, -0.2) is 17.9 Å². The molecule has 3 aromatic rings. The predicted molar refractivity (Wildman–Crippen MR) is 117 cm³/mol. The number of benzene rings is 2. The minimum Gasteiger partial charge on any atom is -0.256 e. The number of aryl methyl sites for hydroxylation is 1. The van der Waals surface area contributed by atoms with Crippen molar-refractivity contribution in [2.75, 3.05) is 0 Å². The normalized spacial score (nSPS) is 20.9. The van der Waals surface area contributed by atoms with Crippen LogP contribution in [-0.4, -0.2) is 13.4 Å². The molecule has 0 saturated heterocycles. The molecule has 1 aromatic heterocycles. The van der Waals surface area contributed by atoms with E-state index in [1.807, 2.05) is 18.2 Å². The molecule has 0 bridgehead atoms. The van der Waals surface area contributed by atoms with E-state index in [0.717, 1.165) is 47.7 Å². The van der Waals surface area contributed by atoms with Crippen LogP contribution in [0.3, 0.4) is 0 Å². The molecule has 0 amide bonds. The lowest BCUT2D eigenvalue weighted by molar-refractivity contribution is 0.289. The molecule has 158 valence electrons. The van der Waals surface area contributed by atoms with Crippen LogP contribution >= 0.6 is 0 Å². The minimum atomic E-state index is -3.77. The maximum absolute atomic E-state index is 13.8. The van der Waals surface area contributed by atoms with Crippen LogP contribution in [0.4, 0.5) is 4.39 Å². The predicted octanol–water partition coefficient (Wildman–Crippen LogP) is 5.41. The highest BCUT2D eigenvalue weighted by atomic mass is 32.2. The summed E-state index contributed by atoms with van der Waals surface area (Å²) < 4.78 is 38.2. The SMILES string of the molecule is Cc1cccc([C@H](C)C2CCC(c3ccnc4ccc(F)cc34)CC2)c1S(N)(=O)=O. The standard InChI is InChI=1S/C24H27FN2O2S/c1-15-4-3-5-20(24(15)30(26,28)29)16(2)17-6-8-18(9-7-17)21-12-13-27-23-11-10-19(25)14-22(21)23/h3-5,10-14,16-18H,6-9H2,1-2H3,(H2,26,28,29)/t16-,17?,18?/m1/s1. The van der Waals surface area contributed by atoms with Gasteiger partial charge in [0.05, 0.1) is 10.4 Å². The van der Waals surface area contributed by atoms with Gasteiger partial charge in [0, 0.05) is 11.6 Å². The Morgan fingerprint density at radius 1 is 1.10 bits per heavy atom. The van der Waals surface area contributed by atoms with Crippen molar-refractivity contribution in [1.29, 1.82) is 0 Å². The van der Waals surface area contributed by atoms with E-state index in [1.54, 1.807) is 31.3 Å². The van der Waals surface area contributed by atoms with Crippen molar-refractivity contribution in [3.63, 3.8) is 0 Å². The van der Waals surface area contributed by atoms with E-state index in [-0.39, 0.29) is 16.6 Å². The van der Waals surface area contributed by atoms with Crippen LogP contribution in [0.2, 0.25) is 0 Å². The third-order valence-electron chi connectivity index (χ3n) is 6.67. The van der Waals surface area contributed by atoms with Gasteiger partial charge in [-0.2, -0.15) is 0 Å². The highest BCUT2D eigenvalue weighted by Gasteiger charge is 2.30. The van der Waals surface area contributed by atoms with Crippen LogP contribution in [0.15, 0.2) is 53.6 Å². The molecule has 4 rings (SSSR count). The third-order valence-corrected chi connectivity index (χ3v) is 7.80. The Morgan fingerprint density at radius 2 is 1.83 bits per heavy atom. The molecule has 1 aliphatic carbocycles. The first-order valence-electron chi connectivity index (χ1n) is 10.4. The quantitative estimate of drug-likeness (QED) is 0.606. The third kappa shape index (κ3) is 3.98. The molecule has 1 fully saturated rings. The highest BCUT2D eigenvalue weighted by Crippen LogP contribution is 2.44. The van der Waals surface area contributed by atoms with Crippen molar-refractivity contribution in [2.45, 2.75) is 56.3 Å². The van der Waals surface area contributed by atoms with E-state index in [0.29, 0.717) is 17.4 Å². The molecule has 1 saturated carbocycles. The van der Waals surface area contributed by atoms with Gasteiger partial charge >= 0.3 is 0 Å². The number of sulfonamides is 1. The lowest BCUT2D eigenvalue weighted by Gasteiger charge is -2.34. The highest BCUT2D eigenvalue weighted by molar-refractivity contribution is 7.89. The van der Waals surface area contributed by atoms with Crippen molar-refractivity contribution < 1.29 is 12.8 Å². The van der Waals surface area contributed by atoms with E-state index in [9.17, 15) is 12.8 Å². The molecule has 2 aromatic carbocycles. The van der Waals surface area contributed by atoms with Gasteiger partial charge in [-0.1, -0.05) is 25.1 Å². The summed E-state index contributed by atoms with van der Waals surface area (Å²) >= 11 is 0. The molecule has 0 radical (unpaired) electrons. The first-order chi connectivity index (χ1) is 14.3. The van der Waals surface area contributed by atoms with Gasteiger partial charge in [0.15, 0.2) is 0 Å². The molecule has 2 N–H and O–H groups in total. The zero-order valence-electron chi connectivity index (χ0n) is 17.3. The van der Waals surface area contributed by atoms with Crippen molar-refractivity contribution in [3.8, 4) is 0 Å². The summed E-state index contributed by atoms with van der Waals surface area (Å²) in [5, 5.41) is 6.42. The van der Waals surface area contributed by atoms with Gasteiger partial charge in [0.2, 0.25) is 10.0 Å². The zero-order valence-corrected chi connectivity index (χ0v) is 18.1. The molecule has 4 nitrogen and oxygen atoms in total. The molecule has 6 heteroatoms. The summed E-state index contributed by atoms with van der Waals surface area (Å²) in [5.41, 5.74) is 3.49. The first kappa shape index (κ1) is 20.9. The van der Waals surface area contributed by atoms with Crippen molar-refractivity contribution in [1.82, 2.24) is 4.98 Å². The average Bonchev–Trinajstić information content (AvgIpc) is 2.72. The Bertz CT molecular complexity index is 1190. The lowest BCUT2D eigenvalue weighted by atomic mass is 9.72. The summed E-state index contributed by atoms with van der Waals surface area (Å²) in [7, 11) is -3.77. The van der Waals surface area contributed by atoms with E-state index in [4.69, 9.17) is 5.14 Å². The number of primary sulfonamides is 1. The number of pyridine rings is 1.